The van der Waals surface area contributed by atoms with Gasteiger partial charge in [-0.1, -0.05) is 61.9 Å². The molecule has 2 aliphatic carbocycles. The minimum Gasteiger partial charge on any atom is -0.481 e. The SMILES string of the molecule is CCC[C@H](CC(=O)N[C@H]1CC[C@@H](C(=O)O)C1)NC(=O)OCC1c2ccccc2-c2ccccc21. The van der Waals surface area contributed by atoms with Gasteiger partial charge in [0, 0.05) is 24.4 Å². The second-order valence-corrected chi connectivity index (χ2v) is 9.27. The van der Waals surface area contributed by atoms with Crippen LogP contribution >= 0.6 is 0 Å². The number of carboxylic acid groups (broad SMARTS) is 1. The van der Waals surface area contributed by atoms with Gasteiger partial charge in [0.2, 0.25) is 5.91 Å². The number of carboxylic acids is 1. The molecule has 0 heterocycles. The number of alkyl carbamates (subject to hydrolysis) is 1. The van der Waals surface area contributed by atoms with Crippen molar-refractivity contribution in [2.24, 2.45) is 5.92 Å². The highest BCUT2D eigenvalue weighted by molar-refractivity contribution is 5.80. The molecule has 3 atom stereocenters. The van der Waals surface area contributed by atoms with E-state index in [-0.39, 0.29) is 36.9 Å². The Morgan fingerprint density at radius 3 is 2.26 bits per heavy atom. The van der Waals surface area contributed by atoms with E-state index < -0.39 is 18.0 Å². The topological polar surface area (TPSA) is 105 Å². The highest BCUT2D eigenvalue weighted by Crippen LogP contribution is 2.44. The van der Waals surface area contributed by atoms with E-state index in [0.29, 0.717) is 25.7 Å². The van der Waals surface area contributed by atoms with Crippen molar-refractivity contribution in [2.75, 3.05) is 6.61 Å². The molecule has 34 heavy (non-hydrogen) atoms. The standard InChI is InChI=1S/C27H32N2O5/c1-2-7-18(15-25(30)28-19-13-12-17(14-19)26(31)32)29-27(33)34-16-24-22-10-5-3-8-20(22)21-9-4-6-11-23(21)24/h3-6,8-11,17-19,24H,2,7,12-16H2,1H3,(H,28,30)(H,29,33)(H,31,32)/t17-,18-,19+/m1/s1. The molecule has 4 rings (SSSR count). The van der Waals surface area contributed by atoms with E-state index in [1.807, 2.05) is 31.2 Å². The van der Waals surface area contributed by atoms with Gasteiger partial charge < -0.3 is 20.5 Å². The van der Waals surface area contributed by atoms with Crippen molar-refractivity contribution in [1.82, 2.24) is 10.6 Å². The number of rotatable bonds is 9. The van der Waals surface area contributed by atoms with Crippen LogP contribution in [0.3, 0.4) is 0 Å². The molecular weight excluding hydrogens is 432 g/mol. The molecule has 2 aromatic rings. The van der Waals surface area contributed by atoms with Crippen molar-refractivity contribution < 1.29 is 24.2 Å². The maximum Gasteiger partial charge on any atom is 0.407 e. The molecule has 2 aromatic carbocycles. The number of aliphatic carboxylic acids is 1. The van der Waals surface area contributed by atoms with Gasteiger partial charge in [-0.3, -0.25) is 9.59 Å². The van der Waals surface area contributed by atoms with E-state index in [1.54, 1.807) is 0 Å². The molecular formula is C27H32N2O5. The van der Waals surface area contributed by atoms with Crippen LogP contribution in [0.4, 0.5) is 4.79 Å². The van der Waals surface area contributed by atoms with Crippen LogP contribution in [-0.2, 0) is 14.3 Å². The minimum atomic E-state index is -0.808. The average Bonchev–Trinajstić information content (AvgIpc) is 3.41. The Morgan fingerprint density at radius 1 is 1.03 bits per heavy atom. The van der Waals surface area contributed by atoms with Crippen molar-refractivity contribution in [3.05, 3.63) is 59.7 Å². The lowest BCUT2D eigenvalue weighted by molar-refractivity contribution is -0.141. The Kier molecular flexibility index (Phi) is 7.50. The Labute approximate surface area is 199 Å². The summed E-state index contributed by atoms with van der Waals surface area (Å²) in [5, 5.41) is 14.9. The molecule has 0 unspecified atom stereocenters. The van der Waals surface area contributed by atoms with Crippen molar-refractivity contribution in [1.29, 1.82) is 0 Å². The van der Waals surface area contributed by atoms with Gasteiger partial charge in [-0.15, -0.1) is 0 Å². The number of ether oxygens (including phenoxy) is 1. The Balaban J connectivity index is 1.30. The molecule has 3 N–H and O–H groups in total. The fraction of sp³-hybridized carbons (Fsp3) is 0.444. The number of nitrogens with one attached hydrogen (secondary N) is 2. The largest absolute Gasteiger partial charge is 0.481 e. The average molecular weight is 465 g/mol. The van der Waals surface area contributed by atoms with Crippen molar-refractivity contribution in [3.63, 3.8) is 0 Å². The zero-order valence-corrected chi connectivity index (χ0v) is 19.5. The molecule has 2 aliphatic rings. The summed E-state index contributed by atoms with van der Waals surface area (Å²) in [6, 6.07) is 15.9. The molecule has 7 heteroatoms. The summed E-state index contributed by atoms with van der Waals surface area (Å²) < 4.78 is 5.62. The first kappa shape index (κ1) is 23.8. The van der Waals surface area contributed by atoms with Crippen LogP contribution < -0.4 is 10.6 Å². The number of carbonyl (C=O) groups is 3. The monoisotopic (exact) mass is 464 g/mol. The Bertz CT molecular complexity index is 1010. The second-order valence-electron chi connectivity index (χ2n) is 9.27. The lowest BCUT2D eigenvalue weighted by Gasteiger charge is -2.20. The number of fused-ring (bicyclic) bond motifs is 3. The third-order valence-corrected chi connectivity index (χ3v) is 6.88. The molecule has 0 radical (unpaired) electrons. The van der Waals surface area contributed by atoms with Crippen LogP contribution in [0.25, 0.3) is 11.1 Å². The number of amides is 2. The zero-order chi connectivity index (χ0) is 24.1. The number of carbonyl (C=O) groups excluding carboxylic acids is 2. The highest BCUT2D eigenvalue weighted by Gasteiger charge is 2.31. The summed E-state index contributed by atoms with van der Waals surface area (Å²) in [6.07, 6.45) is 2.79. The predicted molar refractivity (Wildman–Crippen MR) is 128 cm³/mol. The molecule has 0 spiro atoms. The van der Waals surface area contributed by atoms with E-state index in [4.69, 9.17) is 9.84 Å². The number of hydrogen-bond donors (Lipinski definition) is 3. The molecule has 0 bridgehead atoms. The summed E-state index contributed by atoms with van der Waals surface area (Å²) in [6.45, 7) is 2.22. The summed E-state index contributed by atoms with van der Waals surface area (Å²) in [5.74, 6) is -1.39. The van der Waals surface area contributed by atoms with Gasteiger partial charge in [0.15, 0.2) is 0 Å². The van der Waals surface area contributed by atoms with Gasteiger partial charge in [0.1, 0.15) is 6.61 Å². The Morgan fingerprint density at radius 2 is 1.68 bits per heavy atom. The van der Waals surface area contributed by atoms with Crippen molar-refractivity contribution >= 4 is 18.0 Å². The first-order chi connectivity index (χ1) is 16.5. The zero-order valence-electron chi connectivity index (χ0n) is 19.5. The summed E-state index contributed by atoms with van der Waals surface area (Å²) >= 11 is 0. The molecule has 180 valence electrons. The lowest BCUT2D eigenvalue weighted by atomic mass is 9.98. The molecule has 1 saturated carbocycles. The summed E-state index contributed by atoms with van der Waals surface area (Å²) in [7, 11) is 0. The first-order valence-corrected chi connectivity index (χ1v) is 12.1. The fourth-order valence-electron chi connectivity index (χ4n) is 5.23. The van der Waals surface area contributed by atoms with Crippen molar-refractivity contribution in [3.8, 4) is 11.1 Å². The normalized spacial score (nSPS) is 19.7. The second kappa shape index (κ2) is 10.7. The van der Waals surface area contributed by atoms with E-state index in [9.17, 15) is 14.4 Å². The highest BCUT2D eigenvalue weighted by atomic mass is 16.5. The van der Waals surface area contributed by atoms with Crippen LogP contribution in [0.2, 0.25) is 0 Å². The number of hydrogen-bond acceptors (Lipinski definition) is 4. The van der Waals surface area contributed by atoms with Crippen LogP contribution in [-0.4, -0.2) is 41.8 Å². The molecule has 0 aliphatic heterocycles. The molecule has 7 nitrogen and oxygen atoms in total. The smallest absolute Gasteiger partial charge is 0.407 e. The maximum atomic E-state index is 12.6. The third kappa shape index (κ3) is 5.41. The molecule has 1 fully saturated rings. The third-order valence-electron chi connectivity index (χ3n) is 6.88. The van der Waals surface area contributed by atoms with Crippen LogP contribution in [0.1, 0.15) is 62.5 Å². The fourth-order valence-corrected chi connectivity index (χ4v) is 5.23. The molecule has 0 saturated heterocycles. The van der Waals surface area contributed by atoms with Gasteiger partial charge in [-0.25, -0.2) is 4.79 Å². The summed E-state index contributed by atoms with van der Waals surface area (Å²) in [4.78, 5) is 36.3. The van der Waals surface area contributed by atoms with E-state index in [1.165, 1.54) is 11.1 Å². The maximum absolute atomic E-state index is 12.6. The van der Waals surface area contributed by atoms with Gasteiger partial charge in [-0.2, -0.15) is 0 Å². The molecule has 2 amide bonds. The van der Waals surface area contributed by atoms with Gasteiger partial charge in [0.25, 0.3) is 0 Å². The van der Waals surface area contributed by atoms with Crippen molar-refractivity contribution in [2.45, 2.75) is 63.5 Å². The van der Waals surface area contributed by atoms with Crippen LogP contribution in [0, 0.1) is 5.92 Å². The van der Waals surface area contributed by atoms with Crippen LogP contribution in [0.5, 0.6) is 0 Å². The Hall–Kier alpha value is -3.35. The predicted octanol–water partition coefficient (Wildman–Crippen LogP) is 4.45. The van der Waals surface area contributed by atoms with Gasteiger partial charge in [0.05, 0.1) is 5.92 Å². The van der Waals surface area contributed by atoms with E-state index >= 15 is 0 Å². The quantitative estimate of drug-likeness (QED) is 0.508. The van der Waals surface area contributed by atoms with E-state index in [2.05, 4.69) is 34.9 Å². The minimum absolute atomic E-state index is 0.0179. The van der Waals surface area contributed by atoms with Gasteiger partial charge in [-0.05, 0) is 47.9 Å². The van der Waals surface area contributed by atoms with E-state index in [0.717, 1.165) is 17.5 Å². The lowest BCUT2D eigenvalue weighted by Crippen LogP contribution is -2.42. The summed E-state index contributed by atoms with van der Waals surface area (Å²) in [5.41, 5.74) is 4.64. The first-order valence-electron chi connectivity index (χ1n) is 12.1. The van der Waals surface area contributed by atoms with Gasteiger partial charge >= 0.3 is 12.1 Å². The van der Waals surface area contributed by atoms with Crippen LogP contribution in [0.15, 0.2) is 48.5 Å². The number of benzene rings is 2. The molecule has 0 aromatic heterocycles.